The van der Waals surface area contributed by atoms with Gasteiger partial charge in [-0.1, -0.05) is 43.7 Å². The molecule has 3 aromatic carbocycles. The molecule has 7 nitrogen and oxygen atoms in total. The van der Waals surface area contributed by atoms with Crippen molar-refractivity contribution in [3.63, 3.8) is 0 Å². The van der Waals surface area contributed by atoms with Gasteiger partial charge in [-0.05, 0) is 51.0 Å². The maximum Gasteiger partial charge on any atom is 0.412 e. The van der Waals surface area contributed by atoms with E-state index < -0.39 is 68.4 Å². The number of nitrogens with zero attached hydrogens (tertiary/aromatic N) is 2. The number of benzene rings is 3. The van der Waals surface area contributed by atoms with E-state index in [4.69, 9.17) is 16.0 Å². The van der Waals surface area contributed by atoms with Gasteiger partial charge in [-0.3, -0.25) is 10.2 Å². The second kappa shape index (κ2) is 9.34. The summed E-state index contributed by atoms with van der Waals surface area (Å²) in [6.45, 7) is 19.2. The van der Waals surface area contributed by atoms with Crippen molar-refractivity contribution in [3.8, 4) is 6.07 Å². The molecule has 0 saturated carbocycles. The molecule has 0 saturated heterocycles. The molecule has 0 bridgehead atoms. The average Bonchev–Trinajstić information content (AvgIpc) is 3.23. The fourth-order valence-corrected chi connectivity index (χ4v) is 6.01. The van der Waals surface area contributed by atoms with Gasteiger partial charge < -0.3 is 9.47 Å². The van der Waals surface area contributed by atoms with Crippen LogP contribution in [-0.2, 0) is 26.0 Å². The summed E-state index contributed by atoms with van der Waals surface area (Å²) >= 11 is 0. The SMILES string of the molecule is [C-]#[N+]C(C)(C#N)c1c(F)c(F)c2c(c1F)C1(OC2=O)c2ccc(C)cc2C(C)(C)c2cc(NC(=O)OC(C)(C)C)ccc21. The van der Waals surface area contributed by atoms with Gasteiger partial charge in [0.25, 0.3) is 0 Å². The first kappa shape index (κ1) is 29.7. The van der Waals surface area contributed by atoms with Crippen LogP contribution in [0.25, 0.3) is 4.85 Å². The highest BCUT2D eigenvalue weighted by atomic mass is 19.2. The molecule has 3 aromatic rings. The van der Waals surface area contributed by atoms with Gasteiger partial charge in [-0.2, -0.15) is 5.26 Å². The number of anilines is 1. The zero-order chi connectivity index (χ0) is 31.9. The molecular formula is C33H28F3N3O4. The smallest absolute Gasteiger partial charge is 0.412 e. The maximum absolute atomic E-state index is 16.7. The topological polar surface area (TPSA) is 92.8 Å². The van der Waals surface area contributed by atoms with Gasteiger partial charge in [0.2, 0.25) is 0 Å². The minimum absolute atomic E-state index is 0.244. The van der Waals surface area contributed by atoms with E-state index in [2.05, 4.69) is 10.2 Å². The van der Waals surface area contributed by atoms with Crippen LogP contribution >= 0.6 is 0 Å². The summed E-state index contributed by atoms with van der Waals surface area (Å²) in [6.07, 6.45) is -0.715. The normalized spacial score (nSPS) is 19.2. The van der Waals surface area contributed by atoms with E-state index in [1.54, 1.807) is 45.0 Å². The van der Waals surface area contributed by atoms with E-state index >= 15 is 13.2 Å². The maximum atomic E-state index is 16.7. The molecule has 1 spiro atoms. The molecule has 0 fully saturated rings. The van der Waals surface area contributed by atoms with Crippen molar-refractivity contribution in [1.29, 1.82) is 5.26 Å². The molecule has 1 N–H and O–H groups in total. The first-order valence-corrected chi connectivity index (χ1v) is 13.4. The molecule has 2 atom stereocenters. The second-order valence-electron chi connectivity index (χ2n) is 12.5. The predicted molar refractivity (Wildman–Crippen MR) is 151 cm³/mol. The molecule has 10 heteroatoms. The van der Waals surface area contributed by atoms with E-state index in [1.165, 1.54) is 12.1 Å². The largest absolute Gasteiger partial charge is 0.444 e. The molecule has 2 aliphatic rings. The summed E-state index contributed by atoms with van der Waals surface area (Å²) in [4.78, 5) is 29.0. The Morgan fingerprint density at radius 3 is 2.19 bits per heavy atom. The van der Waals surface area contributed by atoms with Crippen molar-refractivity contribution in [2.24, 2.45) is 0 Å². The summed E-state index contributed by atoms with van der Waals surface area (Å²) < 4.78 is 59.2. The standard InChI is InChI=1S/C33H28F3N3O4/c1-16-9-11-18-20(13-16)31(5,6)21-14-17(39-29(41)43-30(2,3)4)10-12-19(21)33(18)23-22(28(40)42-33)25(34)27(36)24(26(23)35)32(7,15-37)38-8/h9-14H,1-7H3,(H,39,41). The van der Waals surface area contributed by atoms with Crippen LogP contribution in [0.3, 0.4) is 0 Å². The Balaban J connectivity index is 1.88. The van der Waals surface area contributed by atoms with E-state index in [9.17, 15) is 14.9 Å². The molecular weight excluding hydrogens is 559 g/mol. The zero-order valence-corrected chi connectivity index (χ0v) is 24.6. The molecule has 1 amide bonds. The van der Waals surface area contributed by atoms with Gasteiger partial charge in [0.05, 0.1) is 5.56 Å². The quantitative estimate of drug-likeness (QED) is 0.190. The minimum Gasteiger partial charge on any atom is -0.444 e. The number of aryl methyl sites for hydroxylation is 1. The molecule has 0 radical (unpaired) electrons. The van der Waals surface area contributed by atoms with Crippen LogP contribution in [0, 0.1) is 42.3 Å². The van der Waals surface area contributed by atoms with Gasteiger partial charge in [0.15, 0.2) is 23.3 Å². The Bertz CT molecular complexity index is 1830. The number of carbonyl (C=O) groups excluding carboxylic acids is 2. The first-order chi connectivity index (χ1) is 19.9. The highest BCUT2D eigenvalue weighted by molar-refractivity contribution is 5.98. The van der Waals surface area contributed by atoms with E-state index in [0.717, 1.165) is 12.5 Å². The molecule has 1 aliphatic carbocycles. The molecule has 5 rings (SSSR count). The van der Waals surface area contributed by atoms with Crippen molar-refractivity contribution < 1.29 is 32.2 Å². The summed E-state index contributed by atoms with van der Waals surface area (Å²) in [5.74, 6) is -6.23. The number of hydrogen-bond acceptors (Lipinski definition) is 5. The number of carbonyl (C=O) groups is 2. The Morgan fingerprint density at radius 2 is 1.60 bits per heavy atom. The van der Waals surface area contributed by atoms with Crippen LogP contribution in [0.1, 0.15) is 90.8 Å². The van der Waals surface area contributed by atoms with Crippen molar-refractivity contribution >= 4 is 17.7 Å². The Kier molecular flexibility index (Phi) is 6.44. The number of nitriles is 1. The molecule has 43 heavy (non-hydrogen) atoms. The minimum atomic E-state index is -2.44. The van der Waals surface area contributed by atoms with E-state index in [1.807, 2.05) is 26.8 Å². The lowest BCUT2D eigenvalue weighted by molar-refractivity contribution is 0.0223. The van der Waals surface area contributed by atoms with Crippen LogP contribution < -0.4 is 5.32 Å². The number of esters is 1. The fourth-order valence-electron chi connectivity index (χ4n) is 6.01. The van der Waals surface area contributed by atoms with Crippen LogP contribution in [0.2, 0.25) is 0 Å². The molecule has 0 aromatic heterocycles. The summed E-state index contributed by atoms with van der Waals surface area (Å²) in [7, 11) is 0. The Morgan fingerprint density at radius 1 is 1.00 bits per heavy atom. The third-order valence-corrected chi connectivity index (χ3v) is 8.00. The number of halogens is 3. The summed E-state index contributed by atoms with van der Waals surface area (Å²) in [6, 6.07) is 11.4. The lowest BCUT2D eigenvalue weighted by Crippen LogP contribution is -2.42. The number of hydrogen-bond donors (Lipinski definition) is 1. The predicted octanol–water partition coefficient (Wildman–Crippen LogP) is 7.52. The number of rotatable bonds is 2. The van der Waals surface area contributed by atoms with Gasteiger partial charge >= 0.3 is 17.6 Å². The van der Waals surface area contributed by atoms with E-state index in [-0.39, 0.29) is 5.56 Å². The van der Waals surface area contributed by atoms with Gasteiger partial charge in [0, 0.05) is 29.2 Å². The third-order valence-electron chi connectivity index (χ3n) is 8.00. The zero-order valence-electron chi connectivity index (χ0n) is 24.6. The lowest BCUT2D eigenvalue weighted by Gasteiger charge is -2.45. The van der Waals surface area contributed by atoms with Gasteiger partial charge in [0.1, 0.15) is 22.5 Å². The van der Waals surface area contributed by atoms with Crippen LogP contribution in [-0.4, -0.2) is 17.7 Å². The highest BCUT2D eigenvalue weighted by Gasteiger charge is 2.60. The molecule has 2 unspecified atom stereocenters. The second-order valence-corrected chi connectivity index (χ2v) is 12.5. The highest BCUT2D eigenvalue weighted by Crippen LogP contribution is 2.58. The summed E-state index contributed by atoms with van der Waals surface area (Å²) in [5.41, 5.74) is -5.99. The van der Waals surface area contributed by atoms with Crippen molar-refractivity contribution in [2.45, 2.75) is 70.6 Å². The third kappa shape index (κ3) is 4.16. The van der Waals surface area contributed by atoms with Crippen LogP contribution in [0.15, 0.2) is 36.4 Å². The lowest BCUT2D eigenvalue weighted by atomic mass is 9.61. The first-order valence-electron chi connectivity index (χ1n) is 13.4. The van der Waals surface area contributed by atoms with Crippen LogP contribution in [0.5, 0.6) is 0 Å². The molecule has 1 heterocycles. The number of nitrogens with one attached hydrogen (secondary N) is 1. The Hall–Kier alpha value is -4.83. The van der Waals surface area contributed by atoms with Gasteiger partial charge in [-0.15, -0.1) is 0 Å². The molecule has 1 aliphatic heterocycles. The average molecular weight is 588 g/mol. The molecule has 220 valence electrons. The number of ether oxygens (including phenoxy) is 2. The number of fused-ring (bicyclic) bond motifs is 6. The fraction of sp³-hybridized carbons (Fsp3) is 0.333. The Labute approximate surface area is 247 Å². The summed E-state index contributed by atoms with van der Waals surface area (Å²) in [5, 5.41) is 12.4. The monoisotopic (exact) mass is 587 g/mol. The van der Waals surface area contributed by atoms with Crippen molar-refractivity contribution in [1.82, 2.24) is 0 Å². The van der Waals surface area contributed by atoms with Crippen molar-refractivity contribution in [3.05, 3.63) is 110 Å². The van der Waals surface area contributed by atoms with Crippen LogP contribution in [0.4, 0.5) is 23.7 Å². The van der Waals surface area contributed by atoms with Gasteiger partial charge in [-0.25, -0.2) is 29.3 Å². The van der Waals surface area contributed by atoms with E-state index in [0.29, 0.717) is 22.4 Å². The van der Waals surface area contributed by atoms with Crippen molar-refractivity contribution in [2.75, 3.05) is 5.32 Å². The number of amides is 1.